The molecule has 3 fully saturated rings. The number of hydrogen-bond donors (Lipinski definition) is 2. The summed E-state index contributed by atoms with van der Waals surface area (Å²) in [6, 6.07) is 1.42. The number of benzene rings is 1. The summed E-state index contributed by atoms with van der Waals surface area (Å²) in [6.45, 7) is 4.40. The third kappa shape index (κ3) is 9.44. The van der Waals surface area contributed by atoms with E-state index in [0.29, 0.717) is 51.5 Å². The van der Waals surface area contributed by atoms with Gasteiger partial charge in [-0.1, -0.05) is 23.2 Å². The quantitative estimate of drug-likeness (QED) is 0.356. The molecular formula is C29H41Cl2N5O8S. The average Bonchev–Trinajstić information content (AvgIpc) is 3.50. The number of aliphatic carboxylic acids is 1. The number of piperazine rings is 1. The zero-order valence-electron chi connectivity index (χ0n) is 25.3. The molecule has 1 aromatic carbocycles. The average molecular weight is 691 g/mol. The number of carboxylic acid groups (broad SMARTS) is 1. The van der Waals surface area contributed by atoms with Crippen LogP contribution in [0, 0.1) is 5.92 Å². The first kappa shape index (κ1) is 35.2. The highest BCUT2D eigenvalue weighted by atomic mass is 35.5. The van der Waals surface area contributed by atoms with Crippen molar-refractivity contribution >= 4 is 57.1 Å². The van der Waals surface area contributed by atoms with E-state index in [2.05, 4.69) is 10.2 Å². The van der Waals surface area contributed by atoms with Gasteiger partial charge in [-0.05, 0) is 69.7 Å². The molecule has 0 saturated carbocycles. The predicted molar refractivity (Wildman–Crippen MR) is 167 cm³/mol. The third-order valence-electron chi connectivity index (χ3n) is 8.69. The molecule has 13 nitrogen and oxygen atoms in total. The van der Waals surface area contributed by atoms with E-state index < -0.39 is 34.0 Å². The molecule has 1 aromatic rings. The van der Waals surface area contributed by atoms with Gasteiger partial charge in [0.1, 0.15) is 12.1 Å². The molecular weight excluding hydrogens is 649 g/mol. The lowest BCUT2D eigenvalue weighted by Crippen LogP contribution is -2.51. The summed E-state index contributed by atoms with van der Waals surface area (Å²) in [5, 5.41) is 12.5. The molecule has 0 aromatic heterocycles. The monoisotopic (exact) mass is 689 g/mol. The van der Waals surface area contributed by atoms with Gasteiger partial charge in [0, 0.05) is 62.3 Å². The lowest BCUT2D eigenvalue weighted by molar-refractivity contribution is -0.143. The van der Waals surface area contributed by atoms with E-state index in [9.17, 15) is 32.7 Å². The molecule has 1 unspecified atom stereocenters. The topological polar surface area (TPSA) is 157 Å². The van der Waals surface area contributed by atoms with Crippen LogP contribution in [-0.4, -0.2) is 128 Å². The number of carboxylic acids is 1. The minimum absolute atomic E-state index is 0.0788. The first-order chi connectivity index (χ1) is 21.3. The van der Waals surface area contributed by atoms with E-state index in [-0.39, 0.29) is 52.7 Å². The first-order valence-corrected chi connectivity index (χ1v) is 17.4. The Morgan fingerprint density at radius 3 is 2.22 bits per heavy atom. The second-order valence-corrected chi connectivity index (χ2v) is 14.6. The van der Waals surface area contributed by atoms with Crippen LogP contribution in [0.4, 0.5) is 4.79 Å². The zero-order chi connectivity index (χ0) is 32.7. The molecule has 0 spiro atoms. The van der Waals surface area contributed by atoms with Crippen molar-refractivity contribution in [1.82, 2.24) is 24.3 Å². The summed E-state index contributed by atoms with van der Waals surface area (Å²) in [7, 11) is -2.11. The van der Waals surface area contributed by atoms with Crippen LogP contribution in [0.2, 0.25) is 10.0 Å². The first-order valence-electron chi connectivity index (χ1n) is 15.2. The van der Waals surface area contributed by atoms with E-state index in [0.717, 1.165) is 30.2 Å². The molecule has 2 atom stereocenters. The van der Waals surface area contributed by atoms with Gasteiger partial charge in [-0.15, -0.1) is 0 Å². The number of likely N-dealkylation sites (tertiary alicyclic amines) is 1. The van der Waals surface area contributed by atoms with Crippen molar-refractivity contribution in [2.45, 2.75) is 61.9 Å². The van der Waals surface area contributed by atoms with Gasteiger partial charge in [0.05, 0.1) is 11.5 Å². The van der Waals surface area contributed by atoms with Crippen molar-refractivity contribution in [2.75, 3.05) is 59.5 Å². The second-order valence-electron chi connectivity index (χ2n) is 11.8. The smallest absolute Gasteiger partial charge is 0.409 e. The number of rotatable bonds is 11. The van der Waals surface area contributed by atoms with Crippen molar-refractivity contribution in [1.29, 1.82) is 0 Å². The minimum atomic E-state index is -4.13. The van der Waals surface area contributed by atoms with E-state index in [1.165, 1.54) is 18.2 Å². The fourth-order valence-electron chi connectivity index (χ4n) is 5.92. The Morgan fingerprint density at radius 1 is 0.956 bits per heavy atom. The summed E-state index contributed by atoms with van der Waals surface area (Å²) < 4.78 is 33.1. The molecule has 3 heterocycles. The lowest BCUT2D eigenvalue weighted by atomic mass is 9.93. The Kier molecular flexibility index (Phi) is 12.3. The summed E-state index contributed by atoms with van der Waals surface area (Å²) in [5.74, 6) is -1.94. The predicted octanol–water partition coefficient (Wildman–Crippen LogP) is 2.51. The summed E-state index contributed by atoms with van der Waals surface area (Å²) in [5.41, 5.74) is 0. The molecule has 16 heteroatoms. The van der Waals surface area contributed by atoms with Crippen molar-refractivity contribution in [3.05, 3.63) is 28.2 Å². The van der Waals surface area contributed by atoms with Crippen LogP contribution in [0.5, 0.6) is 0 Å². The Hall–Kier alpha value is -2.65. The van der Waals surface area contributed by atoms with Crippen molar-refractivity contribution in [2.24, 2.45) is 5.92 Å². The standard InChI is InChI=1S/C29H41Cl2N5O8S/c1-33-12-14-35(15-13-33)29(41)44-16-8-20-6-10-34(11-7-20)26(37)5-4-24(28(39)40)32-27(38)25-3-2-9-36(25)45(42,43)23-18-21(30)17-22(31)19-23/h17-20,24-25H,2-16H2,1H3,(H,32,38)(H,39,40)/t24?,25-/m0/s1. The Morgan fingerprint density at radius 2 is 1.60 bits per heavy atom. The molecule has 0 bridgehead atoms. The van der Waals surface area contributed by atoms with Gasteiger partial charge in [-0.3, -0.25) is 9.59 Å². The number of carbonyl (C=O) groups is 4. The minimum Gasteiger partial charge on any atom is -0.480 e. The Balaban J connectivity index is 1.21. The molecule has 3 amide bonds. The molecule has 3 aliphatic heterocycles. The van der Waals surface area contributed by atoms with Crippen molar-refractivity contribution < 1.29 is 37.4 Å². The third-order valence-corrected chi connectivity index (χ3v) is 11.0. The highest BCUT2D eigenvalue weighted by molar-refractivity contribution is 7.89. The van der Waals surface area contributed by atoms with E-state index >= 15 is 0 Å². The number of hydrogen-bond acceptors (Lipinski definition) is 8. The zero-order valence-corrected chi connectivity index (χ0v) is 27.7. The number of amides is 3. The number of ether oxygens (including phenoxy) is 1. The van der Waals surface area contributed by atoms with E-state index in [4.69, 9.17) is 27.9 Å². The highest BCUT2D eigenvalue weighted by Gasteiger charge is 2.41. The summed E-state index contributed by atoms with van der Waals surface area (Å²) in [6.07, 6.45) is 2.34. The van der Waals surface area contributed by atoms with Gasteiger partial charge >= 0.3 is 12.1 Å². The van der Waals surface area contributed by atoms with Crippen LogP contribution in [0.3, 0.4) is 0 Å². The summed E-state index contributed by atoms with van der Waals surface area (Å²) >= 11 is 12.0. The van der Waals surface area contributed by atoms with Crippen LogP contribution in [-0.2, 0) is 29.1 Å². The van der Waals surface area contributed by atoms with E-state index in [1.54, 1.807) is 9.80 Å². The molecule has 0 radical (unpaired) electrons. The van der Waals surface area contributed by atoms with Crippen molar-refractivity contribution in [3.63, 3.8) is 0 Å². The number of likely N-dealkylation sites (N-methyl/N-ethyl adjacent to an activating group) is 1. The molecule has 3 saturated heterocycles. The van der Waals surface area contributed by atoms with Gasteiger partial charge in [0.15, 0.2) is 0 Å². The van der Waals surface area contributed by atoms with Crippen LogP contribution < -0.4 is 5.32 Å². The number of piperidine rings is 1. The normalized spacial score (nSPS) is 21.0. The lowest BCUT2D eigenvalue weighted by Gasteiger charge is -2.33. The van der Waals surface area contributed by atoms with Gasteiger partial charge in [-0.2, -0.15) is 4.31 Å². The maximum Gasteiger partial charge on any atom is 0.409 e. The van der Waals surface area contributed by atoms with Crippen molar-refractivity contribution in [3.8, 4) is 0 Å². The fraction of sp³-hybridized carbons (Fsp3) is 0.655. The Bertz CT molecular complexity index is 1330. The number of halogens is 2. The van der Waals surface area contributed by atoms with Crippen LogP contribution in [0.15, 0.2) is 23.1 Å². The number of nitrogens with zero attached hydrogens (tertiary/aromatic N) is 4. The fourth-order valence-corrected chi connectivity index (χ4v) is 8.30. The number of nitrogens with one attached hydrogen (secondary N) is 1. The maximum absolute atomic E-state index is 13.3. The van der Waals surface area contributed by atoms with Gasteiger partial charge < -0.3 is 29.9 Å². The SMILES string of the molecule is CN1CCN(C(=O)OCCC2CCN(C(=O)CCC(NC(=O)[C@@H]3CCCN3S(=O)(=O)c3cc(Cl)cc(Cl)c3)C(=O)O)CC2)CC1. The summed E-state index contributed by atoms with van der Waals surface area (Å²) in [4.78, 5) is 55.7. The molecule has 3 aliphatic rings. The molecule has 2 N–H and O–H groups in total. The molecule has 4 rings (SSSR count). The van der Waals surface area contributed by atoms with Crippen LogP contribution in [0.1, 0.15) is 44.9 Å². The number of sulfonamides is 1. The Labute approximate surface area is 273 Å². The maximum atomic E-state index is 13.3. The second kappa shape index (κ2) is 15.8. The highest BCUT2D eigenvalue weighted by Crippen LogP contribution is 2.30. The van der Waals surface area contributed by atoms with Gasteiger partial charge in [0.2, 0.25) is 21.8 Å². The van der Waals surface area contributed by atoms with Gasteiger partial charge in [0.25, 0.3) is 0 Å². The van der Waals surface area contributed by atoms with E-state index in [1.807, 2.05) is 7.05 Å². The molecule has 250 valence electrons. The molecule has 45 heavy (non-hydrogen) atoms. The largest absolute Gasteiger partial charge is 0.480 e. The number of carbonyl (C=O) groups excluding carboxylic acids is 3. The van der Waals surface area contributed by atoms with Crippen LogP contribution in [0.25, 0.3) is 0 Å². The van der Waals surface area contributed by atoms with Crippen LogP contribution >= 0.6 is 23.2 Å². The molecule has 0 aliphatic carbocycles. The van der Waals surface area contributed by atoms with Gasteiger partial charge in [-0.25, -0.2) is 18.0 Å².